The van der Waals surface area contributed by atoms with Crippen LogP contribution in [0, 0.1) is 0 Å². The Bertz CT molecular complexity index is 1350. The van der Waals surface area contributed by atoms with E-state index in [2.05, 4.69) is 5.32 Å². The number of benzene rings is 3. The molecular weight excluding hydrogens is 493 g/mol. The SMILES string of the molecule is CCOP(=O)(OCC)C(Nc1cc(OC)cc(OC)c1)c1oc2cc(OC)ccc2c1-c1ccccc1. The van der Waals surface area contributed by atoms with Gasteiger partial charge < -0.3 is 33.0 Å². The molecule has 1 heterocycles. The zero-order valence-corrected chi connectivity index (χ0v) is 22.5. The summed E-state index contributed by atoms with van der Waals surface area (Å²) in [6, 6.07) is 20.7. The van der Waals surface area contributed by atoms with Crippen molar-refractivity contribution >= 4 is 24.3 Å². The molecular formula is C28H32NO7P. The van der Waals surface area contributed by atoms with Crippen molar-refractivity contribution in [3.05, 3.63) is 72.5 Å². The molecule has 9 heteroatoms. The second kappa shape index (κ2) is 11.7. The van der Waals surface area contributed by atoms with Crippen molar-refractivity contribution in [3.8, 4) is 28.4 Å². The van der Waals surface area contributed by atoms with Gasteiger partial charge in [0.05, 0.1) is 34.5 Å². The molecule has 0 amide bonds. The molecule has 0 aliphatic rings. The van der Waals surface area contributed by atoms with Gasteiger partial charge in [0.2, 0.25) is 0 Å². The van der Waals surface area contributed by atoms with E-state index >= 15 is 0 Å². The average molecular weight is 526 g/mol. The highest BCUT2D eigenvalue weighted by molar-refractivity contribution is 7.54. The first-order valence-corrected chi connectivity index (χ1v) is 13.6. The lowest BCUT2D eigenvalue weighted by atomic mass is 10.0. The summed E-state index contributed by atoms with van der Waals surface area (Å²) in [4.78, 5) is 0. The molecule has 1 atom stereocenters. The first kappa shape index (κ1) is 26.6. The van der Waals surface area contributed by atoms with Gasteiger partial charge in [0.1, 0.15) is 28.6 Å². The molecule has 0 radical (unpaired) electrons. The molecule has 0 saturated heterocycles. The lowest BCUT2D eigenvalue weighted by molar-refractivity contribution is 0.212. The molecule has 4 aromatic rings. The second-order valence-corrected chi connectivity index (χ2v) is 10.2. The number of nitrogens with one attached hydrogen (secondary N) is 1. The van der Waals surface area contributed by atoms with Gasteiger partial charge in [-0.15, -0.1) is 0 Å². The van der Waals surface area contributed by atoms with Crippen molar-refractivity contribution in [1.82, 2.24) is 0 Å². The maximum Gasteiger partial charge on any atom is 0.360 e. The maximum absolute atomic E-state index is 14.4. The van der Waals surface area contributed by atoms with Crippen LogP contribution in [-0.4, -0.2) is 34.5 Å². The van der Waals surface area contributed by atoms with Crippen molar-refractivity contribution < 1.29 is 32.2 Å². The molecule has 0 spiro atoms. The molecule has 1 unspecified atom stereocenters. The van der Waals surface area contributed by atoms with Crippen LogP contribution < -0.4 is 19.5 Å². The molecule has 0 aliphatic heterocycles. The average Bonchev–Trinajstić information content (AvgIpc) is 3.30. The van der Waals surface area contributed by atoms with Crippen molar-refractivity contribution in [3.63, 3.8) is 0 Å². The molecule has 0 fully saturated rings. The highest BCUT2D eigenvalue weighted by Crippen LogP contribution is 2.63. The lowest BCUT2D eigenvalue weighted by Gasteiger charge is -2.27. The third-order valence-corrected chi connectivity index (χ3v) is 8.06. The summed E-state index contributed by atoms with van der Waals surface area (Å²) in [5.74, 6) is 1.22. The molecule has 4 rings (SSSR count). The predicted octanol–water partition coefficient (Wildman–Crippen LogP) is 7.50. The first-order chi connectivity index (χ1) is 18.0. The van der Waals surface area contributed by atoms with Gasteiger partial charge in [0.25, 0.3) is 0 Å². The van der Waals surface area contributed by atoms with Crippen molar-refractivity contribution in [2.24, 2.45) is 0 Å². The Morgan fingerprint density at radius 3 is 2.00 bits per heavy atom. The van der Waals surface area contributed by atoms with Crippen LogP contribution in [0.4, 0.5) is 5.69 Å². The van der Waals surface area contributed by atoms with Gasteiger partial charge in [-0.25, -0.2) is 0 Å². The van der Waals surface area contributed by atoms with Crippen LogP contribution in [0.2, 0.25) is 0 Å². The number of ether oxygens (including phenoxy) is 3. The van der Waals surface area contributed by atoms with Gasteiger partial charge in [0, 0.05) is 40.9 Å². The molecule has 8 nitrogen and oxygen atoms in total. The van der Waals surface area contributed by atoms with E-state index in [0.29, 0.717) is 34.3 Å². The molecule has 0 saturated carbocycles. The number of fused-ring (bicyclic) bond motifs is 1. The van der Waals surface area contributed by atoms with Gasteiger partial charge in [-0.3, -0.25) is 4.57 Å². The quantitative estimate of drug-likeness (QED) is 0.190. The molecule has 0 aliphatic carbocycles. The number of methoxy groups -OCH3 is 3. The van der Waals surface area contributed by atoms with Crippen LogP contribution in [-0.2, 0) is 13.6 Å². The van der Waals surface area contributed by atoms with E-state index in [-0.39, 0.29) is 13.2 Å². The highest BCUT2D eigenvalue weighted by atomic mass is 31.2. The summed E-state index contributed by atoms with van der Waals surface area (Å²) in [6.45, 7) is 3.93. The Morgan fingerprint density at radius 2 is 1.43 bits per heavy atom. The summed E-state index contributed by atoms with van der Waals surface area (Å²) in [5, 5.41) is 4.20. The molecule has 0 bridgehead atoms. The van der Waals surface area contributed by atoms with Crippen LogP contribution >= 0.6 is 7.60 Å². The Hall–Kier alpha value is -3.45. The number of hydrogen-bond donors (Lipinski definition) is 1. The third-order valence-electron chi connectivity index (χ3n) is 5.82. The maximum atomic E-state index is 14.4. The molecule has 3 aromatic carbocycles. The van der Waals surface area contributed by atoms with Crippen LogP contribution in [0.3, 0.4) is 0 Å². The smallest absolute Gasteiger partial charge is 0.360 e. The second-order valence-electron chi connectivity index (χ2n) is 8.09. The van der Waals surface area contributed by atoms with E-state index in [1.54, 1.807) is 53.4 Å². The minimum Gasteiger partial charge on any atom is -0.497 e. The van der Waals surface area contributed by atoms with Crippen LogP contribution in [0.5, 0.6) is 17.2 Å². The van der Waals surface area contributed by atoms with Crippen LogP contribution in [0.1, 0.15) is 25.4 Å². The fraction of sp³-hybridized carbons (Fsp3) is 0.286. The Balaban J connectivity index is 1.98. The van der Waals surface area contributed by atoms with Crippen LogP contribution in [0.15, 0.2) is 71.1 Å². The van der Waals surface area contributed by atoms with Gasteiger partial charge in [0.15, 0.2) is 5.78 Å². The summed E-state index contributed by atoms with van der Waals surface area (Å²) in [5.41, 5.74) is 2.86. The molecule has 37 heavy (non-hydrogen) atoms. The Kier molecular flexibility index (Phi) is 8.44. The fourth-order valence-corrected chi connectivity index (χ4v) is 6.07. The first-order valence-electron chi connectivity index (χ1n) is 12.0. The molecule has 1 N–H and O–H groups in total. The van der Waals surface area contributed by atoms with E-state index in [0.717, 1.165) is 16.5 Å². The third kappa shape index (κ3) is 5.62. The zero-order chi connectivity index (χ0) is 26.4. The summed E-state index contributed by atoms with van der Waals surface area (Å²) in [7, 11) is 0.938. The van der Waals surface area contributed by atoms with Gasteiger partial charge >= 0.3 is 7.60 Å². The van der Waals surface area contributed by atoms with Crippen molar-refractivity contribution in [2.75, 3.05) is 39.9 Å². The standard InChI is InChI=1S/C28H32NO7P/c1-6-34-37(30,35-7-2)28(29-20-15-22(32-4)17-23(16-20)33-5)27-26(19-11-9-8-10-12-19)24-14-13-21(31-3)18-25(24)36-27/h8-18,28-29H,6-7H2,1-5H3. The Labute approximate surface area is 217 Å². The summed E-state index contributed by atoms with van der Waals surface area (Å²) in [6.07, 6.45) is 0. The minimum atomic E-state index is -3.80. The number of rotatable bonds is 12. The summed E-state index contributed by atoms with van der Waals surface area (Å²) < 4.78 is 48.8. The summed E-state index contributed by atoms with van der Waals surface area (Å²) >= 11 is 0. The minimum absolute atomic E-state index is 0.186. The fourth-order valence-electron chi connectivity index (χ4n) is 4.20. The number of hydrogen-bond acceptors (Lipinski definition) is 8. The van der Waals surface area contributed by atoms with E-state index in [1.807, 2.05) is 48.5 Å². The zero-order valence-electron chi connectivity index (χ0n) is 21.6. The Morgan fingerprint density at radius 1 is 0.811 bits per heavy atom. The van der Waals surface area contributed by atoms with E-state index in [9.17, 15) is 4.57 Å². The van der Waals surface area contributed by atoms with Gasteiger partial charge in [-0.1, -0.05) is 30.3 Å². The normalized spacial score (nSPS) is 12.4. The lowest BCUT2D eigenvalue weighted by Crippen LogP contribution is -2.15. The predicted molar refractivity (Wildman–Crippen MR) is 145 cm³/mol. The van der Waals surface area contributed by atoms with Gasteiger partial charge in [-0.05, 0) is 31.5 Å². The van der Waals surface area contributed by atoms with Gasteiger partial charge in [-0.2, -0.15) is 0 Å². The number of furan rings is 1. The molecule has 1 aromatic heterocycles. The van der Waals surface area contributed by atoms with E-state index in [4.69, 9.17) is 27.7 Å². The van der Waals surface area contributed by atoms with Crippen molar-refractivity contribution in [1.29, 1.82) is 0 Å². The van der Waals surface area contributed by atoms with Crippen molar-refractivity contribution in [2.45, 2.75) is 19.6 Å². The monoisotopic (exact) mass is 525 g/mol. The topological polar surface area (TPSA) is 88.4 Å². The highest BCUT2D eigenvalue weighted by Gasteiger charge is 2.42. The number of anilines is 1. The largest absolute Gasteiger partial charge is 0.497 e. The van der Waals surface area contributed by atoms with E-state index < -0.39 is 13.4 Å². The van der Waals surface area contributed by atoms with E-state index in [1.165, 1.54) is 0 Å². The van der Waals surface area contributed by atoms with Crippen LogP contribution in [0.25, 0.3) is 22.1 Å². The molecule has 196 valence electrons.